The van der Waals surface area contributed by atoms with Crippen molar-refractivity contribution in [2.24, 2.45) is 5.73 Å². The first-order chi connectivity index (χ1) is 14.0. The van der Waals surface area contributed by atoms with Gasteiger partial charge in [0.25, 0.3) is 0 Å². The van der Waals surface area contributed by atoms with Gasteiger partial charge in [0.1, 0.15) is 0 Å². The summed E-state index contributed by atoms with van der Waals surface area (Å²) in [7, 11) is 0. The van der Waals surface area contributed by atoms with Gasteiger partial charge < -0.3 is 15.7 Å². The molecule has 1 aliphatic heterocycles. The highest BCUT2D eigenvalue weighted by molar-refractivity contribution is 5.88. The highest BCUT2D eigenvalue weighted by Gasteiger charge is 2.38. The second-order valence-corrected chi connectivity index (χ2v) is 6.81. The molecule has 10 heteroatoms. The Morgan fingerprint density at radius 3 is 2.13 bits per heavy atom. The maximum absolute atomic E-state index is 12.4. The Morgan fingerprint density at radius 1 is 1.23 bits per heavy atom. The Bertz CT molecular complexity index is 756. The van der Waals surface area contributed by atoms with Crippen molar-refractivity contribution in [3.8, 4) is 0 Å². The van der Waals surface area contributed by atoms with Crippen LogP contribution < -0.4 is 11.1 Å². The first kappa shape index (κ1) is 25.2. The molecule has 0 aromatic heterocycles. The standard InChI is InChI=1S/C18H25N3O2.C2HF3O2/c1-3-6-16(20-13(2)18(19)23)9-10-17(22)21-11-14-7-4-5-8-15(14)12-21;3-2(4,5)1(6)7/h4-5,7-10,13,16,20H,3,6,11-12H2,1-2H3,(H2,19,23);(H,6,7)/b10-9+;/t13-,16-;/m0./s1. The summed E-state index contributed by atoms with van der Waals surface area (Å²) in [6, 6.07) is 7.66. The summed E-state index contributed by atoms with van der Waals surface area (Å²) in [5.41, 5.74) is 7.70. The normalized spacial score (nSPS) is 15.2. The third-order valence-electron chi connectivity index (χ3n) is 4.36. The fourth-order valence-corrected chi connectivity index (χ4v) is 2.74. The number of halogens is 3. The number of primary amides is 1. The van der Waals surface area contributed by atoms with E-state index in [1.807, 2.05) is 23.1 Å². The molecule has 0 spiro atoms. The third-order valence-corrected chi connectivity index (χ3v) is 4.36. The predicted molar refractivity (Wildman–Crippen MR) is 104 cm³/mol. The van der Waals surface area contributed by atoms with Crippen molar-refractivity contribution in [1.82, 2.24) is 10.2 Å². The molecule has 1 aromatic rings. The molecule has 0 saturated carbocycles. The van der Waals surface area contributed by atoms with Gasteiger partial charge in [-0.2, -0.15) is 13.2 Å². The van der Waals surface area contributed by atoms with Crippen LogP contribution in [0.2, 0.25) is 0 Å². The zero-order valence-corrected chi connectivity index (χ0v) is 16.8. The van der Waals surface area contributed by atoms with Gasteiger partial charge in [-0.05, 0) is 24.5 Å². The predicted octanol–water partition coefficient (Wildman–Crippen LogP) is 2.35. The number of carbonyl (C=O) groups is 3. The second-order valence-electron chi connectivity index (χ2n) is 6.81. The van der Waals surface area contributed by atoms with Crippen LogP contribution in [0.5, 0.6) is 0 Å². The molecule has 4 N–H and O–H groups in total. The van der Waals surface area contributed by atoms with E-state index in [0.717, 1.165) is 12.8 Å². The van der Waals surface area contributed by atoms with Gasteiger partial charge in [0, 0.05) is 25.2 Å². The molecule has 0 aliphatic carbocycles. The van der Waals surface area contributed by atoms with Gasteiger partial charge in [-0.1, -0.05) is 43.7 Å². The Labute approximate surface area is 172 Å². The van der Waals surface area contributed by atoms with Crippen LogP contribution in [0.1, 0.15) is 37.8 Å². The van der Waals surface area contributed by atoms with Gasteiger partial charge in [0.05, 0.1) is 6.04 Å². The number of fused-ring (bicyclic) bond motifs is 1. The number of amides is 2. The fourth-order valence-electron chi connectivity index (χ4n) is 2.74. The number of hydrogen-bond donors (Lipinski definition) is 3. The molecule has 2 amide bonds. The van der Waals surface area contributed by atoms with Crippen molar-refractivity contribution in [2.75, 3.05) is 0 Å². The van der Waals surface area contributed by atoms with Crippen molar-refractivity contribution in [1.29, 1.82) is 0 Å². The quantitative estimate of drug-likeness (QED) is 0.576. The summed E-state index contributed by atoms with van der Waals surface area (Å²) >= 11 is 0. The maximum Gasteiger partial charge on any atom is 0.490 e. The Balaban J connectivity index is 0.000000553. The highest BCUT2D eigenvalue weighted by Crippen LogP contribution is 2.22. The molecule has 0 bridgehead atoms. The summed E-state index contributed by atoms with van der Waals surface area (Å²) in [5.74, 6) is -3.15. The number of nitrogens with zero attached hydrogens (tertiary/aromatic N) is 1. The van der Waals surface area contributed by atoms with Crippen molar-refractivity contribution >= 4 is 17.8 Å². The first-order valence-electron chi connectivity index (χ1n) is 9.35. The van der Waals surface area contributed by atoms with Crippen molar-refractivity contribution in [2.45, 2.75) is 58.0 Å². The maximum atomic E-state index is 12.4. The van der Waals surface area contributed by atoms with Crippen molar-refractivity contribution in [3.05, 3.63) is 47.5 Å². The Hall–Kier alpha value is -2.88. The van der Waals surface area contributed by atoms with Crippen LogP contribution in [0.4, 0.5) is 13.2 Å². The van der Waals surface area contributed by atoms with Crippen LogP contribution in [-0.2, 0) is 27.5 Å². The number of rotatable bonds is 7. The topological polar surface area (TPSA) is 113 Å². The van der Waals surface area contributed by atoms with Crippen LogP contribution >= 0.6 is 0 Å². The molecule has 1 aliphatic rings. The minimum Gasteiger partial charge on any atom is -0.475 e. The number of carboxylic acids is 1. The van der Waals surface area contributed by atoms with E-state index in [9.17, 15) is 22.8 Å². The van der Waals surface area contributed by atoms with Crippen LogP contribution in [0.15, 0.2) is 36.4 Å². The molecule has 1 heterocycles. The molecule has 30 heavy (non-hydrogen) atoms. The van der Waals surface area contributed by atoms with Gasteiger partial charge >= 0.3 is 12.1 Å². The average Bonchev–Trinajstić information content (AvgIpc) is 3.10. The van der Waals surface area contributed by atoms with Gasteiger partial charge in [-0.15, -0.1) is 0 Å². The first-order valence-corrected chi connectivity index (χ1v) is 9.35. The second kappa shape index (κ2) is 11.3. The number of hydrogen-bond acceptors (Lipinski definition) is 4. The van der Waals surface area contributed by atoms with E-state index < -0.39 is 18.2 Å². The van der Waals surface area contributed by atoms with Gasteiger partial charge in [0.15, 0.2) is 0 Å². The summed E-state index contributed by atoms with van der Waals surface area (Å²) in [5, 5.41) is 10.3. The Morgan fingerprint density at radius 2 is 1.73 bits per heavy atom. The minimum atomic E-state index is -5.08. The number of carboxylic acid groups (broad SMARTS) is 1. The number of aliphatic carboxylic acids is 1. The lowest BCUT2D eigenvalue weighted by Gasteiger charge is -2.18. The number of carbonyl (C=O) groups excluding carboxylic acids is 2. The van der Waals surface area contributed by atoms with E-state index in [1.165, 1.54) is 11.1 Å². The van der Waals surface area contributed by atoms with Crippen molar-refractivity contribution < 1.29 is 32.7 Å². The molecular weight excluding hydrogens is 403 g/mol. The molecule has 1 aromatic carbocycles. The van der Waals surface area contributed by atoms with E-state index in [-0.39, 0.29) is 17.9 Å². The van der Waals surface area contributed by atoms with Crippen molar-refractivity contribution in [3.63, 3.8) is 0 Å². The zero-order valence-electron chi connectivity index (χ0n) is 16.8. The lowest BCUT2D eigenvalue weighted by Crippen LogP contribution is -2.43. The minimum absolute atomic E-state index is 0.00386. The molecule has 0 saturated heterocycles. The lowest BCUT2D eigenvalue weighted by atomic mass is 10.1. The molecule has 0 radical (unpaired) electrons. The average molecular weight is 429 g/mol. The molecule has 166 valence electrons. The molecule has 7 nitrogen and oxygen atoms in total. The van der Waals surface area contributed by atoms with Crippen LogP contribution in [-0.4, -0.2) is 46.1 Å². The molecule has 2 atom stereocenters. The smallest absolute Gasteiger partial charge is 0.475 e. The number of nitrogens with one attached hydrogen (secondary N) is 1. The van der Waals surface area contributed by atoms with E-state index in [4.69, 9.17) is 15.6 Å². The van der Waals surface area contributed by atoms with E-state index >= 15 is 0 Å². The summed E-state index contributed by atoms with van der Waals surface area (Å²) in [6.45, 7) is 5.11. The highest BCUT2D eigenvalue weighted by atomic mass is 19.4. The number of benzene rings is 1. The van der Waals surface area contributed by atoms with Gasteiger partial charge in [-0.25, -0.2) is 4.79 Å². The molecule has 2 rings (SSSR count). The summed E-state index contributed by atoms with van der Waals surface area (Å²) in [6.07, 6.45) is 0.166. The van der Waals surface area contributed by atoms with E-state index in [1.54, 1.807) is 13.0 Å². The SMILES string of the molecule is CCC[C@@H](/C=C/C(=O)N1Cc2ccccc2C1)N[C@@H](C)C(N)=O.O=C(O)C(F)(F)F. The van der Waals surface area contributed by atoms with Crippen LogP contribution in [0.3, 0.4) is 0 Å². The molecular formula is C20H26F3N3O4. The van der Waals surface area contributed by atoms with Crippen LogP contribution in [0.25, 0.3) is 0 Å². The number of nitrogens with two attached hydrogens (primary N) is 1. The Kier molecular flexibility index (Phi) is 9.51. The largest absolute Gasteiger partial charge is 0.490 e. The van der Waals surface area contributed by atoms with E-state index in [2.05, 4.69) is 24.4 Å². The van der Waals surface area contributed by atoms with E-state index in [0.29, 0.717) is 13.1 Å². The fraction of sp³-hybridized carbons (Fsp3) is 0.450. The zero-order chi connectivity index (χ0) is 22.9. The summed E-state index contributed by atoms with van der Waals surface area (Å²) in [4.78, 5) is 34.3. The number of alkyl halides is 3. The lowest BCUT2D eigenvalue weighted by molar-refractivity contribution is -0.192. The van der Waals surface area contributed by atoms with Gasteiger partial charge in [0.2, 0.25) is 11.8 Å². The summed E-state index contributed by atoms with van der Waals surface area (Å²) < 4.78 is 31.7. The molecule has 0 fully saturated rings. The van der Waals surface area contributed by atoms with Gasteiger partial charge in [-0.3, -0.25) is 14.9 Å². The third kappa shape index (κ3) is 8.24. The monoisotopic (exact) mass is 429 g/mol. The molecule has 0 unspecified atom stereocenters. The van der Waals surface area contributed by atoms with Crippen LogP contribution in [0, 0.1) is 0 Å².